The van der Waals surface area contributed by atoms with Crippen molar-refractivity contribution in [1.29, 1.82) is 0 Å². The molecule has 43 valence electrons. The van der Waals surface area contributed by atoms with E-state index in [1.807, 2.05) is 12.1 Å². The molecule has 0 bridgehead atoms. The van der Waals surface area contributed by atoms with Gasteiger partial charge in [0.15, 0.2) is 0 Å². The molecule has 0 aliphatic heterocycles. The summed E-state index contributed by atoms with van der Waals surface area (Å²) in [4.78, 5) is 0. The molecule has 0 N–H and O–H groups in total. The summed E-state index contributed by atoms with van der Waals surface area (Å²) in [7, 11) is 5.40. The van der Waals surface area contributed by atoms with Gasteiger partial charge in [-0.15, -0.1) is 7.98 Å². The van der Waals surface area contributed by atoms with Gasteiger partial charge in [-0.1, -0.05) is 12.7 Å². The Balaban J connectivity index is 3.07. The fourth-order valence-electron chi connectivity index (χ4n) is 0.632. The van der Waals surface area contributed by atoms with Crippen LogP contribution < -0.4 is 4.48 Å². The minimum atomic E-state index is 1.03. The summed E-state index contributed by atoms with van der Waals surface area (Å²) in [6.07, 6.45) is 5.32. The van der Waals surface area contributed by atoms with Gasteiger partial charge in [0.25, 0.3) is 0 Å². The highest BCUT2D eigenvalue weighted by Gasteiger charge is 1.83. The molecular formula is C7H7BN. The second kappa shape index (κ2) is 2.49. The van der Waals surface area contributed by atoms with E-state index in [4.69, 9.17) is 7.98 Å². The van der Waals surface area contributed by atoms with E-state index in [1.165, 1.54) is 4.48 Å². The fourth-order valence-corrected chi connectivity index (χ4v) is 0.632. The Morgan fingerprint density at radius 3 is 2.89 bits per heavy atom. The van der Waals surface area contributed by atoms with E-state index in [9.17, 15) is 0 Å². The minimum Gasteiger partial charge on any atom is -0.515 e. The van der Waals surface area contributed by atoms with E-state index >= 15 is 0 Å². The molecule has 1 aromatic rings. The first kappa shape index (κ1) is 6.08. The number of aromatic nitrogens is 1. The van der Waals surface area contributed by atoms with Gasteiger partial charge >= 0.3 is 0 Å². The van der Waals surface area contributed by atoms with Crippen LogP contribution in [0.25, 0.3) is 6.08 Å². The molecule has 1 heterocycles. The van der Waals surface area contributed by atoms with Crippen LogP contribution in [-0.4, -0.2) is 7.98 Å². The van der Waals surface area contributed by atoms with E-state index in [0.29, 0.717) is 0 Å². The van der Waals surface area contributed by atoms with Crippen LogP contribution in [0.4, 0.5) is 0 Å². The van der Waals surface area contributed by atoms with Crippen molar-refractivity contribution in [3.8, 4) is 0 Å². The summed E-state index contributed by atoms with van der Waals surface area (Å²) in [5.74, 6) is 0. The van der Waals surface area contributed by atoms with Gasteiger partial charge in [-0.3, -0.25) is 0 Å². The molecule has 0 amide bonds. The zero-order valence-corrected chi connectivity index (χ0v) is 5.12. The first-order valence-corrected chi connectivity index (χ1v) is 2.72. The third-order valence-electron chi connectivity index (χ3n) is 1.08. The van der Waals surface area contributed by atoms with Gasteiger partial charge < -0.3 is 4.48 Å². The predicted molar refractivity (Wildman–Crippen MR) is 37.9 cm³/mol. The lowest BCUT2D eigenvalue weighted by molar-refractivity contribution is -0.521. The van der Waals surface area contributed by atoms with Gasteiger partial charge in [-0.25, -0.2) is 0 Å². The fraction of sp³-hybridized carbons (Fsp3) is 0. The normalized spacial score (nSPS) is 9.00. The third kappa shape index (κ3) is 1.42. The van der Waals surface area contributed by atoms with Crippen LogP contribution in [0, 0.1) is 0 Å². The number of hydrogen-bond acceptors (Lipinski definition) is 0. The Hall–Kier alpha value is -1.05. The zero-order chi connectivity index (χ0) is 6.69. The number of rotatable bonds is 1. The van der Waals surface area contributed by atoms with Crippen LogP contribution in [0.15, 0.2) is 31.1 Å². The Bertz CT molecular complexity index is 220. The molecule has 0 saturated heterocycles. The first-order chi connectivity index (χ1) is 4.33. The molecular weight excluding hydrogens is 109 g/mol. The maximum atomic E-state index is 5.40. The quantitative estimate of drug-likeness (QED) is 0.471. The van der Waals surface area contributed by atoms with Crippen LogP contribution in [0.5, 0.6) is 0 Å². The molecule has 0 unspecified atom stereocenters. The van der Waals surface area contributed by atoms with Crippen molar-refractivity contribution in [2.75, 3.05) is 0 Å². The molecule has 1 nitrogen and oxygen atoms in total. The molecule has 0 aliphatic carbocycles. The highest BCUT2D eigenvalue weighted by Crippen LogP contribution is 1.93. The summed E-state index contributed by atoms with van der Waals surface area (Å²) in [6, 6.07) is 3.81. The third-order valence-corrected chi connectivity index (χ3v) is 1.08. The molecule has 0 aromatic carbocycles. The average molecular weight is 116 g/mol. The topological polar surface area (TPSA) is 3.88 Å². The lowest BCUT2D eigenvalue weighted by atomic mass is 10.2. The second-order valence-electron chi connectivity index (χ2n) is 1.79. The van der Waals surface area contributed by atoms with Crippen molar-refractivity contribution in [3.63, 3.8) is 0 Å². The molecule has 1 aromatic heterocycles. The van der Waals surface area contributed by atoms with E-state index < -0.39 is 0 Å². The summed E-state index contributed by atoms with van der Waals surface area (Å²) >= 11 is 0. The molecule has 2 heteroatoms. The van der Waals surface area contributed by atoms with Crippen LogP contribution in [0.1, 0.15) is 5.56 Å². The monoisotopic (exact) mass is 116 g/mol. The first-order valence-electron chi connectivity index (χ1n) is 2.72. The lowest BCUT2D eigenvalue weighted by Crippen LogP contribution is -2.29. The summed E-state index contributed by atoms with van der Waals surface area (Å²) in [5, 5.41) is 0. The van der Waals surface area contributed by atoms with Gasteiger partial charge in [-0.2, -0.15) is 0 Å². The number of hydrogen-bond donors (Lipinski definition) is 0. The Labute approximate surface area is 56.1 Å². The Kier molecular flexibility index (Phi) is 1.68. The molecule has 0 fully saturated rings. The summed E-state index contributed by atoms with van der Waals surface area (Å²) in [5.41, 5.74) is 1.03. The summed E-state index contributed by atoms with van der Waals surface area (Å²) < 4.78 is 1.50. The van der Waals surface area contributed by atoms with Gasteiger partial charge in [-0.05, 0) is 12.1 Å². The van der Waals surface area contributed by atoms with Crippen LogP contribution in [0.2, 0.25) is 0 Å². The molecule has 1 rings (SSSR count). The Morgan fingerprint density at radius 2 is 2.44 bits per heavy atom. The lowest BCUT2D eigenvalue weighted by Gasteiger charge is -1.99. The number of pyridine rings is 1. The largest absolute Gasteiger partial charge is 0.515 e. The molecule has 9 heavy (non-hydrogen) atoms. The molecule has 0 atom stereocenters. The standard InChI is InChI=1S/C7H7BN/c1-2-7-4-3-5-9(8)6-7/h2-6H,1H2. The maximum Gasteiger partial charge on any atom is 0.115 e. The smallest absolute Gasteiger partial charge is 0.115 e. The van der Waals surface area contributed by atoms with E-state index in [0.717, 1.165) is 5.56 Å². The van der Waals surface area contributed by atoms with Crippen molar-refractivity contribution in [2.45, 2.75) is 0 Å². The maximum absolute atomic E-state index is 5.40. The van der Waals surface area contributed by atoms with E-state index in [2.05, 4.69) is 6.58 Å². The minimum absolute atomic E-state index is 1.03. The summed E-state index contributed by atoms with van der Waals surface area (Å²) in [6.45, 7) is 3.60. The molecule has 3 radical (unpaired) electrons. The Morgan fingerprint density at radius 1 is 1.67 bits per heavy atom. The van der Waals surface area contributed by atoms with Crippen molar-refractivity contribution < 1.29 is 4.48 Å². The van der Waals surface area contributed by atoms with Crippen molar-refractivity contribution in [3.05, 3.63) is 36.7 Å². The predicted octanol–water partition coefficient (Wildman–Crippen LogP) is 0.549. The van der Waals surface area contributed by atoms with Crippen LogP contribution in [0.3, 0.4) is 0 Å². The van der Waals surface area contributed by atoms with Gasteiger partial charge in [0.1, 0.15) is 12.4 Å². The van der Waals surface area contributed by atoms with E-state index in [-0.39, 0.29) is 0 Å². The molecule has 0 saturated carbocycles. The average Bonchev–Trinajstić information content (AvgIpc) is 1.88. The second-order valence-corrected chi connectivity index (χ2v) is 1.79. The number of nitrogens with zero attached hydrogens (tertiary/aromatic N) is 1. The van der Waals surface area contributed by atoms with Crippen molar-refractivity contribution in [1.82, 2.24) is 0 Å². The highest BCUT2D eigenvalue weighted by atomic mass is 14.8. The SMILES string of the molecule is [B-][n+]1cccc(C=C)c1. The van der Waals surface area contributed by atoms with Crippen LogP contribution >= 0.6 is 0 Å². The van der Waals surface area contributed by atoms with Crippen LogP contribution in [-0.2, 0) is 0 Å². The van der Waals surface area contributed by atoms with Crippen molar-refractivity contribution in [2.24, 2.45) is 0 Å². The van der Waals surface area contributed by atoms with E-state index in [1.54, 1.807) is 18.5 Å². The highest BCUT2D eigenvalue weighted by molar-refractivity contribution is 5.94. The molecule has 0 spiro atoms. The molecule has 0 aliphatic rings. The van der Waals surface area contributed by atoms with Gasteiger partial charge in [0, 0.05) is 5.56 Å². The zero-order valence-electron chi connectivity index (χ0n) is 5.12. The van der Waals surface area contributed by atoms with Crippen molar-refractivity contribution >= 4 is 14.1 Å². The van der Waals surface area contributed by atoms with Gasteiger partial charge in [0.05, 0.1) is 0 Å². The van der Waals surface area contributed by atoms with Gasteiger partial charge in [0.2, 0.25) is 0 Å².